The fourth-order valence-electron chi connectivity index (χ4n) is 1.51. The smallest absolute Gasteiger partial charge is 0.0957 e. The maximum Gasteiger partial charge on any atom is 0.0957 e. The van der Waals surface area contributed by atoms with Crippen molar-refractivity contribution in [1.29, 1.82) is 0 Å². The first-order valence-corrected chi connectivity index (χ1v) is 6.94. The van der Waals surface area contributed by atoms with E-state index in [1.165, 1.54) is 0 Å². The van der Waals surface area contributed by atoms with E-state index in [9.17, 15) is 5.11 Å². The summed E-state index contributed by atoms with van der Waals surface area (Å²) in [7, 11) is 0. The largest absolute Gasteiger partial charge is 0.388 e. The van der Waals surface area contributed by atoms with Gasteiger partial charge in [0.25, 0.3) is 0 Å². The minimum absolute atomic E-state index is 0.0629. The second-order valence-electron chi connectivity index (χ2n) is 6.02. The SMILES string of the molecule is CC(C)C(O)(CN)Cc1nc(C(C)(C)C)cs1. The van der Waals surface area contributed by atoms with E-state index < -0.39 is 5.60 Å². The fourth-order valence-corrected chi connectivity index (χ4v) is 2.65. The minimum Gasteiger partial charge on any atom is -0.388 e. The zero-order valence-corrected chi connectivity index (χ0v) is 12.3. The fraction of sp³-hybridized carbons (Fsp3) is 0.769. The number of hydrogen-bond acceptors (Lipinski definition) is 4. The standard InChI is InChI=1S/C13H24N2OS/c1-9(2)13(16,8-14)6-11-15-10(7-17-11)12(3,4)5/h7,9,16H,6,8,14H2,1-5H3. The van der Waals surface area contributed by atoms with Gasteiger partial charge in [-0.2, -0.15) is 0 Å². The molecule has 1 unspecified atom stereocenters. The Labute approximate surface area is 108 Å². The van der Waals surface area contributed by atoms with E-state index in [1.54, 1.807) is 11.3 Å². The number of aromatic nitrogens is 1. The molecule has 0 fully saturated rings. The second-order valence-corrected chi connectivity index (χ2v) is 6.96. The summed E-state index contributed by atoms with van der Waals surface area (Å²) in [5.41, 5.74) is 5.98. The Kier molecular flexibility index (Phi) is 4.33. The van der Waals surface area contributed by atoms with Crippen molar-refractivity contribution in [2.45, 2.75) is 52.1 Å². The van der Waals surface area contributed by atoms with Crippen molar-refractivity contribution in [3.05, 3.63) is 16.1 Å². The van der Waals surface area contributed by atoms with Gasteiger partial charge >= 0.3 is 0 Å². The molecule has 0 saturated carbocycles. The molecule has 0 bridgehead atoms. The molecule has 0 aliphatic heterocycles. The summed E-state index contributed by atoms with van der Waals surface area (Å²) < 4.78 is 0. The molecule has 3 N–H and O–H groups in total. The zero-order valence-electron chi connectivity index (χ0n) is 11.4. The van der Waals surface area contributed by atoms with E-state index in [4.69, 9.17) is 5.73 Å². The van der Waals surface area contributed by atoms with Gasteiger partial charge in [0.1, 0.15) is 0 Å². The van der Waals surface area contributed by atoms with Crippen LogP contribution in [0.1, 0.15) is 45.3 Å². The summed E-state index contributed by atoms with van der Waals surface area (Å²) >= 11 is 1.61. The quantitative estimate of drug-likeness (QED) is 0.869. The van der Waals surface area contributed by atoms with Gasteiger partial charge in [-0.1, -0.05) is 34.6 Å². The van der Waals surface area contributed by atoms with Crippen molar-refractivity contribution < 1.29 is 5.11 Å². The van der Waals surface area contributed by atoms with Gasteiger partial charge in [0, 0.05) is 23.8 Å². The average Bonchev–Trinajstić information content (AvgIpc) is 2.65. The molecular formula is C13H24N2OS. The van der Waals surface area contributed by atoms with Crippen LogP contribution in [0.2, 0.25) is 0 Å². The van der Waals surface area contributed by atoms with Crippen molar-refractivity contribution in [1.82, 2.24) is 4.98 Å². The normalized spacial score (nSPS) is 16.2. The maximum absolute atomic E-state index is 10.4. The van der Waals surface area contributed by atoms with Crippen LogP contribution in [0.5, 0.6) is 0 Å². The van der Waals surface area contributed by atoms with Crippen LogP contribution in [0.25, 0.3) is 0 Å². The molecule has 0 amide bonds. The van der Waals surface area contributed by atoms with Crippen LogP contribution < -0.4 is 5.73 Å². The maximum atomic E-state index is 10.4. The van der Waals surface area contributed by atoms with Crippen molar-refractivity contribution in [2.24, 2.45) is 11.7 Å². The van der Waals surface area contributed by atoms with E-state index in [0.29, 0.717) is 6.42 Å². The molecule has 98 valence electrons. The Morgan fingerprint density at radius 2 is 2.00 bits per heavy atom. The third kappa shape index (κ3) is 3.50. The van der Waals surface area contributed by atoms with Crippen LogP contribution in [0.15, 0.2) is 5.38 Å². The molecule has 4 heteroatoms. The molecule has 0 aliphatic rings. The summed E-state index contributed by atoms with van der Waals surface area (Å²) in [6.45, 7) is 10.7. The van der Waals surface area contributed by atoms with Crippen LogP contribution in [-0.2, 0) is 11.8 Å². The third-order valence-electron chi connectivity index (χ3n) is 3.21. The average molecular weight is 256 g/mol. The van der Waals surface area contributed by atoms with Crippen molar-refractivity contribution in [2.75, 3.05) is 6.54 Å². The number of hydrogen-bond donors (Lipinski definition) is 2. The monoisotopic (exact) mass is 256 g/mol. The van der Waals surface area contributed by atoms with E-state index in [0.717, 1.165) is 10.7 Å². The van der Waals surface area contributed by atoms with Crippen LogP contribution in [0.3, 0.4) is 0 Å². The lowest BCUT2D eigenvalue weighted by Crippen LogP contribution is -2.44. The van der Waals surface area contributed by atoms with Gasteiger partial charge in [0.2, 0.25) is 0 Å². The van der Waals surface area contributed by atoms with Gasteiger partial charge in [-0.05, 0) is 5.92 Å². The Morgan fingerprint density at radius 1 is 1.41 bits per heavy atom. The second kappa shape index (κ2) is 5.04. The minimum atomic E-state index is -0.840. The molecule has 0 aliphatic carbocycles. The highest BCUT2D eigenvalue weighted by Gasteiger charge is 2.31. The highest BCUT2D eigenvalue weighted by molar-refractivity contribution is 7.09. The Hall–Kier alpha value is -0.450. The Bertz CT molecular complexity index is 368. The van der Waals surface area contributed by atoms with E-state index in [2.05, 4.69) is 31.1 Å². The van der Waals surface area contributed by atoms with Crippen LogP contribution in [-0.4, -0.2) is 22.2 Å². The summed E-state index contributed by atoms with van der Waals surface area (Å²) in [6.07, 6.45) is 0.544. The van der Waals surface area contributed by atoms with Gasteiger partial charge in [-0.15, -0.1) is 11.3 Å². The molecule has 1 rings (SSSR count). The van der Waals surface area contributed by atoms with E-state index in [1.807, 2.05) is 13.8 Å². The van der Waals surface area contributed by atoms with Crippen LogP contribution in [0.4, 0.5) is 0 Å². The van der Waals surface area contributed by atoms with Gasteiger partial charge in [-0.25, -0.2) is 4.98 Å². The van der Waals surface area contributed by atoms with Crippen molar-refractivity contribution in [3.63, 3.8) is 0 Å². The van der Waals surface area contributed by atoms with Gasteiger partial charge < -0.3 is 10.8 Å². The molecular weight excluding hydrogens is 232 g/mol. The van der Waals surface area contributed by atoms with Crippen molar-refractivity contribution >= 4 is 11.3 Å². The molecule has 1 heterocycles. The number of nitrogens with zero attached hydrogens (tertiary/aromatic N) is 1. The summed E-state index contributed by atoms with van der Waals surface area (Å²) in [6, 6.07) is 0. The molecule has 17 heavy (non-hydrogen) atoms. The highest BCUT2D eigenvalue weighted by Crippen LogP contribution is 2.27. The molecule has 1 aromatic rings. The van der Waals surface area contributed by atoms with Crippen LogP contribution >= 0.6 is 11.3 Å². The van der Waals surface area contributed by atoms with Gasteiger partial charge in [0.05, 0.1) is 16.3 Å². The Morgan fingerprint density at radius 3 is 2.35 bits per heavy atom. The lowest BCUT2D eigenvalue weighted by atomic mass is 9.87. The number of aliphatic hydroxyl groups is 1. The molecule has 0 aromatic carbocycles. The molecule has 3 nitrogen and oxygen atoms in total. The third-order valence-corrected chi connectivity index (χ3v) is 4.05. The van der Waals surface area contributed by atoms with Gasteiger partial charge in [-0.3, -0.25) is 0 Å². The molecule has 0 radical (unpaired) electrons. The molecule has 1 aromatic heterocycles. The van der Waals surface area contributed by atoms with E-state index >= 15 is 0 Å². The first-order valence-electron chi connectivity index (χ1n) is 6.06. The lowest BCUT2D eigenvalue weighted by molar-refractivity contribution is 0.00399. The lowest BCUT2D eigenvalue weighted by Gasteiger charge is -2.29. The van der Waals surface area contributed by atoms with E-state index in [-0.39, 0.29) is 17.9 Å². The zero-order chi connectivity index (χ0) is 13.3. The highest BCUT2D eigenvalue weighted by atomic mass is 32.1. The van der Waals surface area contributed by atoms with Crippen LogP contribution in [0, 0.1) is 5.92 Å². The number of nitrogens with two attached hydrogens (primary N) is 1. The number of thiazole rings is 1. The first-order chi connectivity index (χ1) is 7.69. The molecule has 0 spiro atoms. The molecule has 1 atom stereocenters. The first kappa shape index (κ1) is 14.6. The summed E-state index contributed by atoms with van der Waals surface area (Å²) in [4.78, 5) is 4.60. The predicted octanol–water partition coefficient (Wildman–Crippen LogP) is 2.33. The summed E-state index contributed by atoms with van der Waals surface area (Å²) in [5, 5.41) is 13.4. The Balaban J connectivity index is 2.86. The van der Waals surface area contributed by atoms with Crippen molar-refractivity contribution in [3.8, 4) is 0 Å². The molecule has 0 saturated heterocycles. The van der Waals surface area contributed by atoms with Gasteiger partial charge in [0.15, 0.2) is 0 Å². The topological polar surface area (TPSA) is 59.1 Å². The number of rotatable bonds is 4. The summed E-state index contributed by atoms with van der Waals surface area (Å²) in [5.74, 6) is 0.134. The predicted molar refractivity (Wildman–Crippen MR) is 73.4 cm³/mol.